The van der Waals surface area contributed by atoms with Gasteiger partial charge in [0.1, 0.15) is 22.9 Å². The van der Waals surface area contributed by atoms with Crippen LogP contribution in [0.4, 0.5) is 11.5 Å². The molecule has 4 rings (SSSR count). The number of pyridine rings is 1. The zero-order chi connectivity index (χ0) is 22.1. The number of carbonyl (C=O) groups is 1. The average molecular weight is 424 g/mol. The van der Waals surface area contributed by atoms with Gasteiger partial charge in [0.2, 0.25) is 0 Å². The largest absolute Gasteiger partial charge is 0.497 e. The maximum Gasteiger partial charge on any atom is 0.260 e. The second-order valence-corrected chi connectivity index (χ2v) is 8.89. The van der Waals surface area contributed by atoms with Gasteiger partial charge in [-0.15, -0.1) is 0 Å². The summed E-state index contributed by atoms with van der Waals surface area (Å²) >= 11 is 0. The number of fused-ring (bicyclic) bond motifs is 1. The van der Waals surface area contributed by atoms with E-state index in [1.54, 1.807) is 25.4 Å². The number of nitrogens with one attached hydrogen (secondary N) is 2. The summed E-state index contributed by atoms with van der Waals surface area (Å²) in [5.41, 5.74) is 0.177. The summed E-state index contributed by atoms with van der Waals surface area (Å²) in [6, 6.07) is 11.1. The lowest BCUT2D eigenvalue weighted by atomic mass is 9.93. The third-order valence-electron chi connectivity index (χ3n) is 5.36. The average Bonchev–Trinajstić information content (AvgIpc) is 3.17. The SMILES string of the molecule is COc1ccc(OCC(=O)N2CC[C@]3(C2)Nc2cccnc2NC3=NC(C)(C)C)cc1. The molecule has 0 radical (unpaired) electrons. The first-order chi connectivity index (χ1) is 14.8. The Morgan fingerprint density at radius 1 is 1.23 bits per heavy atom. The van der Waals surface area contributed by atoms with Gasteiger partial charge in [0, 0.05) is 12.7 Å². The van der Waals surface area contributed by atoms with Crippen molar-refractivity contribution in [2.45, 2.75) is 38.3 Å². The second-order valence-electron chi connectivity index (χ2n) is 8.89. The smallest absolute Gasteiger partial charge is 0.260 e. The Balaban J connectivity index is 1.48. The van der Waals surface area contributed by atoms with Crippen LogP contribution in [0.5, 0.6) is 11.5 Å². The molecule has 0 bridgehead atoms. The highest BCUT2D eigenvalue weighted by molar-refractivity contribution is 6.09. The zero-order valence-electron chi connectivity index (χ0n) is 18.4. The van der Waals surface area contributed by atoms with Crippen molar-refractivity contribution in [2.75, 3.05) is 37.4 Å². The first-order valence-electron chi connectivity index (χ1n) is 10.4. The van der Waals surface area contributed by atoms with Crippen molar-refractivity contribution in [3.05, 3.63) is 42.6 Å². The molecule has 1 amide bonds. The molecule has 0 aliphatic carbocycles. The fourth-order valence-electron chi connectivity index (χ4n) is 3.85. The number of benzene rings is 1. The van der Waals surface area contributed by atoms with Crippen molar-refractivity contribution >= 4 is 23.2 Å². The fourth-order valence-corrected chi connectivity index (χ4v) is 3.85. The highest BCUT2D eigenvalue weighted by atomic mass is 16.5. The molecular formula is C23H29N5O3. The van der Waals surface area contributed by atoms with Gasteiger partial charge in [-0.05, 0) is 63.6 Å². The van der Waals surface area contributed by atoms with Gasteiger partial charge in [-0.1, -0.05) is 0 Å². The van der Waals surface area contributed by atoms with Crippen molar-refractivity contribution in [2.24, 2.45) is 4.99 Å². The number of ether oxygens (including phenoxy) is 2. The van der Waals surface area contributed by atoms with E-state index in [0.717, 1.165) is 29.5 Å². The molecule has 8 heteroatoms. The normalized spacial score (nSPS) is 21.4. The van der Waals surface area contributed by atoms with Crippen LogP contribution in [0.2, 0.25) is 0 Å². The first kappa shape index (κ1) is 21.0. The number of amides is 1. The van der Waals surface area contributed by atoms with Gasteiger partial charge in [0.25, 0.3) is 5.91 Å². The summed E-state index contributed by atoms with van der Waals surface area (Å²) in [4.78, 5) is 24.1. The number of aliphatic imine (C=N–C) groups is 1. The Bertz CT molecular complexity index is 983. The number of methoxy groups -OCH3 is 1. The van der Waals surface area contributed by atoms with E-state index in [2.05, 4.69) is 36.4 Å². The number of aromatic nitrogens is 1. The molecule has 164 valence electrons. The minimum absolute atomic E-state index is 0.0142. The molecule has 0 saturated carbocycles. The number of nitrogens with zero attached hydrogens (tertiary/aromatic N) is 3. The van der Waals surface area contributed by atoms with E-state index >= 15 is 0 Å². The van der Waals surface area contributed by atoms with Crippen LogP contribution in [0.1, 0.15) is 27.2 Å². The zero-order valence-corrected chi connectivity index (χ0v) is 18.4. The number of carbonyl (C=O) groups excluding carboxylic acids is 1. The molecule has 2 N–H and O–H groups in total. The maximum atomic E-state index is 12.9. The molecule has 31 heavy (non-hydrogen) atoms. The summed E-state index contributed by atoms with van der Waals surface area (Å²) in [5.74, 6) is 2.90. The van der Waals surface area contributed by atoms with Crippen LogP contribution in [-0.4, -0.2) is 59.5 Å². The molecule has 8 nitrogen and oxygen atoms in total. The molecule has 0 unspecified atom stereocenters. The van der Waals surface area contributed by atoms with Crippen molar-refractivity contribution in [3.8, 4) is 11.5 Å². The highest BCUT2D eigenvalue weighted by Crippen LogP contribution is 2.36. The van der Waals surface area contributed by atoms with E-state index < -0.39 is 5.54 Å². The fraction of sp³-hybridized carbons (Fsp3) is 0.435. The Morgan fingerprint density at radius 3 is 2.68 bits per heavy atom. The van der Waals surface area contributed by atoms with Gasteiger partial charge in [-0.2, -0.15) is 0 Å². The Labute approximate surface area is 182 Å². The summed E-state index contributed by atoms with van der Waals surface area (Å²) in [6.07, 6.45) is 2.50. The van der Waals surface area contributed by atoms with Crippen molar-refractivity contribution in [1.82, 2.24) is 9.88 Å². The van der Waals surface area contributed by atoms with E-state index in [1.165, 1.54) is 0 Å². The first-order valence-corrected chi connectivity index (χ1v) is 10.4. The molecule has 2 aliphatic rings. The standard InChI is InChI=1S/C23H29N5O3/c1-22(2,3)27-21-23(26-18-6-5-12-24-20(18)25-21)11-13-28(15-23)19(29)14-31-17-9-7-16(30-4)8-10-17/h5-10,12,26H,11,13-15H2,1-4H3,(H,24,25,27)/t23-/m1/s1. The molecule has 3 heterocycles. The van der Waals surface area contributed by atoms with Crippen LogP contribution in [0.3, 0.4) is 0 Å². The lowest BCUT2D eigenvalue weighted by molar-refractivity contribution is -0.132. The van der Waals surface area contributed by atoms with Crippen LogP contribution in [0, 0.1) is 0 Å². The van der Waals surface area contributed by atoms with E-state index in [4.69, 9.17) is 14.5 Å². The van der Waals surface area contributed by atoms with Crippen LogP contribution in [0.25, 0.3) is 0 Å². The third kappa shape index (κ3) is 4.57. The summed E-state index contributed by atoms with van der Waals surface area (Å²) in [7, 11) is 1.61. The van der Waals surface area contributed by atoms with Crippen LogP contribution >= 0.6 is 0 Å². The number of likely N-dealkylation sites (tertiary alicyclic amines) is 1. The lowest BCUT2D eigenvalue weighted by Gasteiger charge is -2.39. The monoisotopic (exact) mass is 423 g/mol. The Morgan fingerprint density at radius 2 is 1.97 bits per heavy atom. The van der Waals surface area contributed by atoms with E-state index in [-0.39, 0.29) is 18.1 Å². The molecule has 1 atom stereocenters. The van der Waals surface area contributed by atoms with Gasteiger partial charge in [0.05, 0.1) is 24.9 Å². The topological polar surface area (TPSA) is 88.1 Å². The molecule has 2 aromatic rings. The van der Waals surface area contributed by atoms with Crippen molar-refractivity contribution in [1.29, 1.82) is 0 Å². The predicted octanol–water partition coefficient (Wildman–Crippen LogP) is 3.17. The van der Waals surface area contributed by atoms with Gasteiger partial charge in [-0.3, -0.25) is 9.79 Å². The minimum atomic E-state index is -0.473. The number of amidine groups is 1. The lowest BCUT2D eigenvalue weighted by Crippen LogP contribution is -2.55. The molecule has 2 aliphatic heterocycles. The maximum absolute atomic E-state index is 12.9. The number of hydrogen-bond donors (Lipinski definition) is 2. The molecule has 1 aromatic carbocycles. The molecule has 1 saturated heterocycles. The number of rotatable bonds is 4. The second kappa shape index (κ2) is 8.09. The highest BCUT2D eigenvalue weighted by Gasteiger charge is 2.47. The summed E-state index contributed by atoms with van der Waals surface area (Å²) in [6.45, 7) is 7.30. The van der Waals surface area contributed by atoms with Gasteiger partial charge in [-0.25, -0.2) is 4.98 Å². The minimum Gasteiger partial charge on any atom is -0.497 e. The number of hydrogen-bond acceptors (Lipinski definition) is 6. The van der Waals surface area contributed by atoms with E-state index in [0.29, 0.717) is 18.8 Å². The summed E-state index contributed by atoms with van der Waals surface area (Å²) < 4.78 is 10.8. The molecule has 1 spiro atoms. The Hall–Kier alpha value is -3.29. The number of anilines is 2. The molecule has 1 fully saturated rings. The van der Waals surface area contributed by atoms with E-state index in [1.807, 2.05) is 29.2 Å². The van der Waals surface area contributed by atoms with Crippen LogP contribution < -0.4 is 20.1 Å². The molecular weight excluding hydrogens is 394 g/mol. The van der Waals surface area contributed by atoms with Gasteiger partial charge < -0.3 is 25.0 Å². The third-order valence-corrected chi connectivity index (χ3v) is 5.36. The van der Waals surface area contributed by atoms with Crippen molar-refractivity contribution in [3.63, 3.8) is 0 Å². The van der Waals surface area contributed by atoms with Gasteiger partial charge in [0.15, 0.2) is 12.4 Å². The Kier molecular flexibility index (Phi) is 5.47. The van der Waals surface area contributed by atoms with E-state index in [9.17, 15) is 4.79 Å². The quantitative estimate of drug-likeness (QED) is 0.785. The van der Waals surface area contributed by atoms with Crippen molar-refractivity contribution < 1.29 is 14.3 Å². The van der Waals surface area contributed by atoms with Gasteiger partial charge >= 0.3 is 0 Å². The molecule has 1 aromatic heterocycles. The van der Waals surface area contributed by atoms with Crippen LogP contribution in [0.15, 0.2) is 47.6 Å². The van der Waals surface area contributed by atoms with Crippen LogP contribution in [-0.2, 0) is 4.79 Å². The predicted molar refractivity (Wildman–Crippen MR) is 121 cm³/mol. The summed E-state index contributed by atoms with van der Waals surface area (Å²) in [5, 5.41) is 7.02.